The SMILES string of the molecule is CN(C(=O)c1ccc(CN)o1)C1CCOC1. The quantitative estimate of drug-likeness (QED) is 0.816. The molecule has 1 aromatic rings. The van der Waals surface area contributed by atoms with Crippen LogP contribution in [0.1, 0.15) is 22.7 Å². The van der Waals surface area contributed by atoms with Crippen molar-refractivity contribution in [3.63, 3.8) is 0 Å². The minimum absolute atomic E-state index is 0.116. The first kappa shape index (κ1) is 11.2. The van der Waals surface area contributed by atoms with Crippen LogP contribution < -0.4 is 5.73 Å². The predicted molar refractivity (Wildman–Crippen MR) is 57.9 cm³/mol. The molecule has 0 radical (unpaired) electrons. The molecule has 88 valence electrons. The van der Waals surface area contributed by atoms with Crippen LogP contribution in [-0.4, -0.2) is 37.1 Å². The molecule has 5 nitrogen and oxygen atoms in total. The summed E-state index contributed by atoms with van der Waals surface area (Å²) in [6.45, 7) is 1.63. The second-order valence-electron chi connectivity index (χ2n) is 3.90. The monoisotopic (exact) mass is 224 g/mol. The third-order valence-corrected chi connectivity index (χ3v) is 2.85. The Labute approximate surface area is 94.1 Å². The molecule has 1 amide bonds. The topological polar surface area (TPSA) is 68.7 Å². The first-order valence-electron chi connectivity index (χ1n) is 5.36. The summed E-state index contributed by atoms with van der Waals surface area (Å²) >= 11 is 0. The molecule has 1 aliphatic heterocycles. The van der Waals surface area contributed by atoms with Gasteiger partial charge in [0.15, 0.2) is 5.76 Å². The summed E-state index contributed by atoms with van der Waals surface area (Å²) < 4.78 is 10.6. The van der Waals surface area contributed by atoms with Gasteiger partial charge in [0.2, 0.25) is 0 Å². The number of nitrogens with two attached hydrogens (primary N) is 1. The molecule has 2 N–H and O–H groups in total. The van der Waals surface area contributed by atoms with Crippen LogP contribution in [-0.2, 0) is 11.3 Å². The van der Waals surface area contributed by atoms with Gasteiger partial charge in [0.1, 0.15) is 5.76 Å². The van der Waals surface area contributed by atoms with Gasteiger partial charge in [-0.05, 0) is 18.6 Å². The van der Waals surface area contributed by atoms with Gasteiger partial charge in [-0.15, -0.1) is 0 Å². The van der Waals surface area contributed by atoms with E-state index in [-0.39, 0.29) is 11.9 Å². The Morgan fingerprint density at radius 1 is 1.62 bits per heavy atom. The highest BCUT2D eigenvalue weighted by atomic mass is 16.5. The minimum atomic E-state index is -0.116. The summed E-state index contributed by atoms with van der Waals surface area (Å²) in [4.78, 5) is 13.7. The number of hydrogen-bond acceptors (Lipinski definition) is 4. The van der Waals surface area contributed by atoms with Gasteiger partial charge in [0.25, 0.3) is 5.91 Å². The molecule has 1 aliphatic rings. The van der Waals surface area contributed by atoms with Crippen molar-refractivity contribution in [1.82, 2.24) is 4.90 Å². The molecule has 5 heteroatoms. The van der Waals surface area contributed by atoms with E-state index in [0.717, 1.165) is 6.42 Å². The fraction of sp³-hybridized carbons (Fsp3) is 0.545. The van der Waals surface area contributed by atoms with E-state index in [1.165, 1.54) is 0 Å². The lowest BCUT2D eigenvalue weighted by molar-refractivity contribution is 0.0678. The molecule has 1 aromatic heterocycles. The van der Waals surface area contributed by atoms with Gasteiger partial charge in [-0.25, -0.2) is 0 Å². The van der Waals surface area contributed by atoms with Crippen molar-refractivity contribution < 1.29 is 13.9 Å². The van der Waals surface area contributed by atoms with Crippen LogP contribution in [0.2, 0.25) is 0 Å². The van der Waals surface area contributed by atoms with E-state index in [2.05, 4.69) is 0 Å². The second kappa shape index (κ2) is 4.67. The standard InChI is InChI=1S/C11H16N2O3/c1-13(8-4-5-15-7-8)11(14)10-3-2-9(6-12)16-10/h2-3,8H,4-7,12H2,1H3. The molecule has 1 fully saturated rings. The summed E-state index contributed by atoms with van der Waals surface area (Å²) in [6.07, 6.45) is 0.882. The molecule has 2 heterocycles. The Morgan fingerprint density at radius 3 is 3.00 bits per heavy atom. The fourth-order valence-electron chi connectivity index (χ4n) is 1.77. The number of nitrogens with zero attached hydrogens (tertiary/aromatic N) is 1. The highest BCUT2D eigenvalue weighted by Crippen LogP contribution is 2.15. The maximum atomic E-state index is 12.0. The number of hydrogen-bond donors (Lipinski definition) is 1. The summed E-state index contributed by atoms with van der Waals surface area (Å²) in [6, 6.07) is 3.54. The van der Waals surface area contributed by atoms with Gasteiger partial charge in [-0.2, -0.15) is 0 Å². The minimum Gasteiger partial charge on any atom is -0.455 e. The number of likely N-dealkylation sites (N-methyl/N-ethyl adjacent to an activating group) is 1. The lowest BCUT2D eigenvalue weighted by atomic mass is 10.2. The average molecular weight is 224 g/mol. The van der Waals surface area contributed by atoms with E-state index < -0.39 is 0 Å². The van der Waals surface area contributed by atoms with Crippen LogP contribution >= 0.6 is 0 Å². The van der Waals surface area contributed by atoms with E-state index in [1.54, 1.807) is 24.1 Å². The maximum Gasteiger partial charge on any atom is 0.289 e. The molecule has 0 aromatic carbocycles. The van der Waals surface area contributed by atoms with Gasteiger partial charge in [-0.1, -0.05) is 0 Å². The highest BCUT2D eigenvalue weighted by molar-refractivity contribution is 5.91. The molecule has 16 heavy (non-hydrogen) atoms. The summed E-state index contributed by atoms with van der Waals surface area (Å²) in [5.41, 5.74) is 5.42. The van der Waals surface area contributed by atoms with Crippen molar-refractivity contribution in [3.05, 3.63) is 23.7 Å². The number of furan rings is 1. The number of ether oxygens (including phenoxy) is 1. The Morgan fingerprint density at radius 2 is 2.44 bits per heavy atom. The molecular weight excluding hydrogens is 208 g/mol. The van der Waals surface area contributed by atoms with Crippen molar-refractivity contribution in [2.24, 2.45) is 5.73 Å². The predicted octanol–water partition coefficient (Wildman–Crippen LogP) is 0.599. The lowest BCUT2D eigenvalue weighted by Crippen LogP contribution is -2.37. The third-order valence-electron chi connectivity index (χ3n) is 2.85. The van der Waals surface area contributed by atoms with Crippen LogP contribution in [0.15, 0.2) is 16.5 Å². The highest BCUT2D eigenvalue weighted by Gasteiger charge is 2.26. The molecule has 1 unspecified atom stereocenters. The van der Waals surface area contributed by atoms with Crippen LogP contribution in [0, 0.1) is 0 Å². The van der Waals surface area contributed by atoms with E-state index >= 15 is 0 Å². The van der Waals surface area contributed by atoms with Crippen LogP contribution in [0.4, 0.5) is 0 Å². The number of carbonyl (C=O) groups excluding carboxylic acids is 1. The number of rotatable bonds is 3. The van der Waals surface area contributed by atoms with Gasteiger partial charge in [0.05, 0.1) is 19.2 Å². The third kappa shape index (κ3) is 2.10. The summed E-state index contributed by atoms with van der Waals surface area (Å²) in [5.74, 6) is 0.851. The Bertz CT molecular complexity index is 369. The zero-order chi connectivity index (χ0) is 11.5. The van der Waals surface area contributed by atoms with Crippen molar-refractivity contribution in [3.8, 4) is 0 Å². The van der Waals surface area contributed by atoms with Gasteiger partial charge in [-0.3, -0.25) is 4.79 Å². The zero-order valence-electron chi connectivity index (χ0n) is 9.31. The zero-order valence-corrected chi connectivity index (χ0v) is 9.31. The van der Waals surface area contributed by atoms with E-state index in [4.69, 9.17) is 14.9 Å². The molecule has 0 aliphatic carbocycles. The van der Waals surface area contributed by atoms with Crippen molar-refractivity contribution in [1.29, 1.82) is 0 Å². The smallest absolute Gasteiger partial charge is 0.289 e. The van der Waals surface area contributed by atoms with E-state index in [1.807, 2.05) is 0 Å². The first-order chi connectivity index (χ1) is 7.72. The normalized spacial score (nSPS) is 20.0. The van der Waals surface area contributed by atoms with Crippen molar-refractivity contribution >= 4 is 5.91 Å². The van der Waals surface area contributed by atoms with Gasteiger partial charge < -0.3 is 19.8 Å². The largest absolute Gasteiger partial charge is 0.455 e. The van der Waals surface area contributed by atoms with Crippen LogP contribution in [0.3, 0.4) is 0 Å². The molecule has 0 bridgehead atoms. The average Bonchev–Trinajstić information content (AvgIpc) is 2.97. The molecule has 0 saturated carbocycles. The number of carbonyl (C=O) groups is 1. The molecular formula is C11H16N2O3. The molecule has 1 atom stereocenters. The van der Waals surface area contributed by atoms with E-state index in [9.17, 15) is 4.79 Å². The van der Waals surface area contributed by atoms with Crippen LogP contribution in [0.25, 0.3) is 0 Å². The van der Waals surface area contributed by atoms with Crippen molar-refractivity contribution in [2.75, 3.05) is 20.3 Å². The molecule has 1 saturated heterocycles. The Hall–Kier alpha value is -1.33. The van der Waals surface area contributed by atoms with Crippen LogP contribution in [0.5, 0.6) is 0 Å². The van der Waals surface area contributed by atoms with Gasteiger partial charge >= 0.3 is 0 Å². The summed E-state index contributed by atoms with van der Waals surface area (Å²) in [5, 5.41) is 0. The lowest BCUT2D eigenvalue weighted by Gasteiger charge is -2.21. The Kier molecular flexibility index (Phi) is 3.26. The number of amides is 1. The Balaban J connectivity index is 2.05. The van der Waals surface area contributed by atoms with E-state index in [0.29, 0.717) is 31.3 Å². The first-order valence-corrected chi connectivity index (χ1v) is 5.36. The summed E-state index contributed by atoms with van der Waals surface area (Å²) in [7, 11) is 1.77. The maximum absolute atomic E-state index is 12.0. The van der Waals surface area contributed by atoms with Gasteiger partial charge in [0, 0.05) is 13.7 Å². The van der Waals surface area contributed by atoms with Crippen molar-refractivity contribution in [2.45, 2.75) is 19.0 Å². The molecule has 2 rings (SSSR count). The molecule has 0 spiro atoms. The second-order valence-corrected chi connectivity index (χ2v) is 3.90. The fourth-order valence-corrected chi connectivity index (χ4v) is 1.77.